The zero-order valence-corrected chi connectivity index (χ0v) is 13.3. The maximum atomic E-state index is 12.4. The summed E-state index contributed by atoms with van der Waals surface area (Å²) in [6.45, 7) is 0.405. The maximum Gasteiger partial charge on any atom is 0.259 e. The van der Waals surface area contributed by atoms with E-state index in [9.17, 15) is 4.79 Å². The van der Waals surface area contributed by atoms with E-state index in [4.69, 9.17) is 27.9 Å². The van der Waals surface area contributed by atoms with Gasteiger partial charge in [0.25, 0.3) is 5.91 Å². The second kappa shape index (κ2) is 6.19. The first-order chi connectivity index (χ1) is 10.6. The number of para-hydroxylation sites is 2. The molecule has 0 spiro atoms. The lowest BCUT2D eigenvalue weighted by atomic mass is 10.2. The molecule has 0 heterocycles. The second-order valence-corrected chi connectivity index (χ2v) is 6.83. The largest absolute Gasteiger partial charge is 0.492 e. The number of amides is 1. The van der Waals surface area contributed by atoms with Crippen molar-refractivity contribution in [2.45, 2.75) is 10.8 Å². The van der Waals surface area contributed by atoms with Crippen molar-refractivity contribution in [3.63, 3.8) is 0 Å². The molecule has 0 aromatic heterocycles. The maximum absolute atomic E-state index is 12.4. The summed E-state index contributed by atoms with van der Waals surface area (Å²) in [7, 11) is 0. The Labute approximate surface area is 139 Å². The molecular weight excluding hydrogens is 321 g/mol. The van der Waals surface area contributed by atoms with Gasteiger partial charge in [-0.2, -0.15) is 0 Å². The molecule has 1 atom stereocenters. The zero-order valence-electron chi connectivity index (χ0n) is 11.8. The molecule has 22 heavy (non-hydrogen) atoms. The highest BCUT2D eigenvalue weighted by molar-refractivity contribution is 6.50. The van der Waals surface area contributed by atoms with Crippen LogP contribution in [0.3, 0.4) is 0 Å². The lowest BCUT2D eigenvalue weighted by molar-refractivity contribution is 0.102. The van der Waals surface area contributed by atoms with Gasteiger partial charge in [-0.25, -0.2) is 0 Å². The summed E-state index contributed by atoms with van der Waals surface area (Å²) in [4.78, 5) is 12.4. The van der Waals surface area contributed by atoms with Crippen molar-refractivity contribution in [2.75, 3.05) is 11.9 Å². The van der Waals surface area contributed by atoms with Crippen LogP contribution in [0.1, 0.15) is 16.8 Å². The number of hydrogen-bond donors (Lipinski definition) is 1. The number of halogens is 2. The third-order valence-corrected chi connectivity index (χ3v) is 4.48. The van der Waals surface area contributed by atoms with Gasteiger partial charge in [-0.15, -0.1) is 23.2 Å². The Morgan fingerprint density at radius 3 is 2.45 bits per heavy atom. The molecular formula is C17H15Cl2NO2. The monoisotopic (exact) mass is 335 g/mol. The van der Waals surface area contributed by atoms with Crippen LogP contribution in [-0.2, 0) is 0 Å². The Balaban J connectivity index is 1.69. The van der Waals surface area contributed by atoms with Gasteiger partial charge in [0.15, 0.2) is 0 Å². The topological polar surface area (TPSA) is 38.3 Å². The lowest BCUT2D eigenvalue weighted by Gasteiger charge is -2.12. The molecule has 0 aliphatic heterocycles. The summed E-state index contributed by atoms with van der Waals surface area (Å²) in [6.07, 6.45) is 0.717. The minimum Gasteiger partial charge on any atom is -0.492 e. The fourth-order valence-electron chi connectivity index (χ4n) is 2.14. The van der Waals surface area contributed by atoms with E-state index < -0.39 is 4.33 Å². The number of ether oxygens (including phenoxy) is 1. The predicted octanol–water partition coefficient (Wildman–Crippen LogP) is 4.51. The van der Waals surface area contributed by atoms with Gasteiger partial charge >= 0.3 is 0 Å². The number of benzene rings is 2. The van der Waals surface area contributed by atoms with E-state index in [0.29, 0.717) is 24.3 Å². The third kappa shape index (κ3) is 3.54. The van der Waals surface area contributed by atoms with E-state index in [2.05, 4.69) is 5.32 Å². The molecule has 3 nitrogen and oxygen atoms in total. The average molecular weight is 336 g/mol. The Hall–Kier alpha value is -1.71. The first kappa shape index (κ1) is 15.2. The van der Waals surface area contributed by atoms with Crippen LogP contribution in [0.5, 0.6) is 5.75 Å². The van der Waals surface area contributed by atoms with Crippen LogP contribution < -0.4 is 10.1 Å². The van der Waals surface area contributed by atoms with Gasteiger partial charge in [0, 0.05) is 11.6 Å². The minimum absolute atomic E-state index is 0.112. The molecule has 1 saturated carbocycles. The number of hydrogen-bond acceptors (Lipinski definition) is 2. The normalized spacial score (nSPS) is 18.5. The van der Waals surface area contributed by atoms with Gasteiger partial charge in [-0.1, -0.05) is 30.3 Å². The molecule has 0 saturated heterocycles. The Morgan fingerprint density at radius 1 is 1.14 bits per heavy atom. The summed E-state index contributed by atoms with van der Waals surface area (Å²) in [5.41, 5.74) is 1.23. The van der Waals surface area contributed by atoms with Crippen LogP contribution in [0.15, 0.2) is 54.6 Å². The molecule has 3 rings (SSSR count). The van der Waals surface area contributed by atoms with Crippen molar-refractivity contribution in [1.29, 1.82) is 0 Å². The molecule has 0 radical (unpaired) electrons. The first-order valence-corrected chi connectivity index (χ1v) is 7.78. The van der Waals surface area contributed by atoms with E-state index in [1.165, 1.54) is 0 Å². The molecule has 0 bridgehead atoms. The molecule has 1 aliphatic rings. The number of nitrogens with one attached hydrogen (secondary N) is 1. The summed E-state index contributed by atoms with van der Waals surface area (Å²) in [5.74, 6) is 0.439. The van der Waals surface area contributed by atoms with Crippen LogP contribution in [0, 0.1) is 5.92 Å². The van der Waals surface area contributed by atoms with Gasteiger partial charge in [0.05, 0.1) is 12.2 Å². The fourth-order valence-corrected chi connectivity index (χ4v) is 2.64. The highest BCUT2D eigenvalue weighted by atomic mass is 35.5. The van der Waals surface area contributed by atoms with Gasteiger partial charge in [0.2, 0.25) is 0 Å². The zero-order chi connectivity index (χ0) is 15.6. The molecule has 1 amide bonds. The molecule has 5 heteroatoms. The van der Waals surface area contributed by atoms with Crippen LogP contribution in [-0.4, -0.2) is 16.8 Å². The summed E-state index contributed by atoms with van der Waals surface area (Å²) in [6, 6.07) is 16.4. The summed E-state index contributed by atoms with van der Waals surface area (Å²) >= 11 is 12.0. The van der Waals surface area contributed by atoms with E-state index >= 15 is 0 Å². The molecule has 1 N–H and O–H groups in total. The predicted molar refractivity (Wildman–Crippen MR) is 88.9 cm³/mol. The van der Waals surface area contributed by atoms with Crippen LogP contribution >= 0.6 is 23.2 Å². The van der Waals surface area contributed by atoms with Crippen molar-refractivity contribution in [2.24, 2.45) is 5.92 Å². The Morgan fingerprint density at radius 2 is 1.77 bits per heavy atom. The summed E-state index contributed by atoms with van der Waals surface area (Å²) < 4.78 is 5.05. The van der Waals surface area contributed by atoms with Crippen molar-refractivity contribution < 1.29 is 9.53 Å². The lowest BCUT2D eigenvalue weighted by Crippen LogP contribution is -2.14. The van der Waals surface area contributed by atoms with Gasteiger partial charge in [-0.3, -0.25) is 4.79 Å². The van der Waals surface area contributed by atoms with E-state index in [1.807, 2.05) is 36.4 Å². The van der Waals surface area contributed by atoms with Crippen molar-refractivity contribution in [3.8, 4) is 5.75 Å². The van der Waals surface area contributed by atoms with E-state index in [0.717, 1.165) is 5.69 Å². The molecule has 1 unspecified atom stereocenters. The molecule has 114 valence electrons. The number of alkyl halides is 2. The van der Waals surface area contributed by atoms with Gasteiger partial charge in [0.1, 0.15) is 10.1 Å². The number of carbonyl (C=O) groups excluding carboxylic acids is 1. The van der Waals surface area contributed by atoms with Crippen LogP contribution in [0.2, 0.25) is 0 Å². The number of carbonyl (C=O) groups is 1. The summed E-state index contributed by atoms with van der Waals surface area (Å²) in [5, 5.41) is 2.85. The third-order valence-electron chi connectivity index (χ3n) is 3.56. The average Bonchev–Trinajstić information content (AvgIpc) is 3.13. The highest BCUT2D eigenvalue weighted by Gasteiger charge is 2.52. The second-order valence-electron chi connectivity index (χ2n) is 5.29. The minimum atomic E-state index is -0.679. The van der Waals surface area contributed by atoms with Crippen molar-refractivity contribution >= 4 is 34.8 Å². The number of rotatable bonds is 5. The molecule has 2 aromatic rings. The van der Waals surface area contributed by atoms with Crippen molar-refractivity contribution in [1.82, 2.24) is 0 Å². The van der Waals surface area contributed by atoms with Gasteiger partial charge in [-0.05, 0) is 30.7 Å². The quantitative estimate of drug-likeness (QED) is 0.816. The van der Waals surface area contributed by atoms with E-state index in [1.54, 1.807) is 18.2 Å². The molecule has 1 fully saturated rings. The standard InChI is InChI=1S/C17H15Cl2NO2/c18-17(19)10-12(17)11-22-15-9-5-4-8-14(15)16(21)20-13-6-2-1-3-7-13/h1-9,12H,10-11H2,(H,20,21). The van der Waals surface area contributed by atoms with Crippen LogP contribution in [0.25, 0.3) is 0 Å². The highest BCUT2D eigenvalue weighted by Crippen LogP contribution is 2.53. The SMILES string of the molecule is O=C(Nc1ccccc1)c1ccccc1OCC1CC1(Cl)Cl. The smallest absolute Gasteiger partial charge is 0.259 e. The molecule has 1 aliphatic carbocycles. The first-order valence-electron chi connectivity index (χ1n) is 7.02. The number of anilines is 1. The van der Waals surface area contributed by atoms with Gasteiger partial charge < -0.3 is 10.1 Å². The fraction of sp³-hybridized carbons (Fsp3) is 0.235. The van der Waals surface area contributed by atoms with Crippen LogP contribution in [0.4, 0.5) is 5.69 Å². The van der Waals surface area contributed by atoms with Crippen molar-refractivity contribution in [3.05, 3.63) is 60.2 Å². The molecule has 2 aromatic carbocycles. The van der Waals surface area contributed by atoms with E-state index in [-0.39, 0.29) is 11.8 Å². The Kier molecular flexibility index (Phi) is 4.27. The Bertz CT molecular complexity index is 673.